The molecule has 2 aromatic carbocycles. The molecule has 2 aromatic rings. The molecule has 1 N–H and O–H groups in total. The smallest absolute Gasteiger partial charge is 0.242 e. The number of amides is 2. The van der Waals surface area contributed by atoms with Crippen LogP contribution in [0, 0.1) is 13.8 Å². The predicted octanol–water partition coefficient (Wildman–Crippen LogP) is 4.01. The number of nitrogens with one attached hydrogen (secondary N) is 1. The van der Waals surface area contributed by atoms with Crippen LogP contribution in [0.2, 0.25) is 0 Å². The first-order chi connectivity index (χ1) is 14.5. The van der Waals surface area contributed by atoms with Gasteiger partial charge in [-0.2, -0.15) is 0 Å². The van der Waals surface area contributed by atoms with Crippen LogP contribution in [0.4, 0.5) is 11.4 Å². The van der Waals surface area contributed by atoms with Gasteiger partial charge in [-0.3, -0.25) is 14.5 Å². The van der Waals surface area contributed by atoms with Crippen LogP contribution < -0.4 is 14.8 Å². The number of carbonyl (C=O) groups is 2. The second-order valence-electron chi connectivity index (χ2n) is 7.12. The summed E-state index contributed by atoms with van der Waals surface area (Å²) in [5.74, 6) is 1.04. The Hall–Kier alpha value is -3.00. The van der Waals surface area contributed by atoms with Crippen molar-refractivity contribution in [2.75, 3.05) is 18.7 Å². The summed E-state index contributed by atoms with van der Waals surface area (Å²) in [7, 11) is 0. The van der Waals surface area contributed by atoms with Crippen molar-refractivity contribution in [3.63, 3.8) is 0 Å². The Morgan fingerprint density at radius 1 is 1.23 bits per heavy atom. The zero-order valence-electron chi connectivity index (χ0n) is 17.1. The van der Waals surface area contributed by atoms with Crippen molar-refractivity contribution in [2.45, 2.75) is 32.4 Å². The zero-order chi connectivity index (χ0) is 21.3. The van der Waals surface area contributed by atoms with Crippen LogP contribution in [0.1, 0.15) is 24.5 Å². The van der Waals surface area contributed by atoms with Gasteiger partial charge >= 0.3 is 0 Å². The first-order valence-electron chi connectivity index (χ1n) is 9.78. The van der Waals surface area contributed by atoms with Crippen LogP contribution in [0.3, 0.4) is 0 Å². The van der Waals surface area contributed by atoms with Gasteiger partial charge < -0.3 is 14.8 Å². The van der Waals surface area contributed by atoms with Gasteiger partial charge in [-0.25, -0.2) is 4.99 Å². The van der Waals surface area contributed by atoms with Gasteiger partial charge in [-0.15, -0.1) is 0 Å². The molecule has 0 bridgehead atoms. The fourth-order valence-electron chi connectivity index (χ4n) is 3.34. The molecule has 8 heteroatoms. The Morgan fingerprint density at radius 3 is 2.83 bits per heavy atom. The van der Waals surface area contributed by atoms with Gasteiger partial charge in [0.1, 0.15) is 5.25 Å². The van der Waals surface area contributed by atoms with E-state index in [2.05, 4.69) is 10.3 Å². The molecule has 2 heterocycles. The van der Waals surface area contributed by atoms with Gasteiger partial charge in [-0.1, -0.05) is 23.9 Å². The largest absolute Gasteiger partial charge is 0.454 e. The average molecular weight is 426 g/mol. The lowest BCUT2D eigenvalue weighted by Gasteiger charge is -2.14. The number of fused-ring (bicyclic) bond motifs is 1. The Balaban J connectivity index is 1.48. The van der Waals surface area contributed by atoms with E-state index in [4.69, 9.17) is 9.47 Å². The van der Waals surface area contributed by atoms with E-state index >= 15 is 0 Å². The van der Waals surface area contributed by atoms with E-state index < -0.39 is 5.25 Å². The van der Waals surface area contributed by atoms with Crippen LogP contribution in [0.25, 0.3) is 0 Å². The number of benzene rings is 2. The third-order valence-electron chi connectivity index (χ3n) is 5.17. The molecule has 2 amide bonds. The maximum absolute atomic E-state index is 12.8. The summed E-state index contributed by atoms with van der Waals surface area (Å²) in [6.07, 6.45) is 0.0908. The second-order valence-corrected chi connectivity index (χ2v) is 8.29. The van der Waals surface area contributed by atoms with Gasteiger partial charge in [0.2, 0.25) is 18.6 Å². The molecule has 30 heavy (non-hydrogen) atoms. The zero-order valence-corrected chi connectivity index (χ0v) is 17.9. The van der Waals surface area contributed by atoms with Crippen molar-refractivity contribution in [3.8, 4) is 11.5 Å². The number of amidine groups is 1. The first-order valence-corrected chi connectivity index (χ1v) is 10.7. The number of anilines is 1. The molecule has 1 fully saturated rings. The Labute approximate surface area is 179 Å². The molecular formula is C22H23N3O4S. The van der Waals surface area contributed by atoms with Crippen molar-refractivity contribution < 1.29 is 19.1 Å². The number of carbonyl (C=O) groups excluding carboxylic acids is 2. The Morgan fingerprint density at radius 2 is 2.03 bits per heavy atom. The standard InChI is InChI=1S/C22H23N3O4S/c1-4-25-21(27)19(11-20(26)24-16-7-5-6-13(2)14(16)3)30-22(25)23-15-8-9-17-18(10-15)29-12-28-17/h5-10,19H,4,11-12H2,1-3H3,(H,24,26)/t19-/m1/s1. The molecule has 156 valence electrons. The number of thioether (sulfide) groups is 1. The van der Waals surface area contributed by atoms with Crippen molar-refractivity contribution in [3.05, 3.63) is 47.5 Å². The highest BCUT2D eigenvalue weighted by molar-refractivity contribution is 8.15. The molecule has 0 aliphatic carbocycles. The highest BCUT2D eigenvalue weighted by Gasteiger charge is 2.38. The highest BCUT2D eigenvalue weighted by Crippen LogP contribution is 2.37. The highest BCUT2D eigenvalue weighted by atomic mass is 32.2. The van der Waals surface area contributed by atoms with Crippen LogP contribution in [0.5, 0.6) is 11.5 Å². The molecular weight excluding hydrogens is 402 g/mol. The van der Waals surface area contributed by atoms with Gasteiger partial charge in [0, 0.05) is 24.7 Å². The normalized spacial score (nSPS) is 18.9. The van der Waals surface area contributed by atoms with Crippen LogP contribution in [-0.4, -0.2) is 40.5 Å². The molecule has 1 saturated heterocycles. The van der Waals surface area contributed by atoms with Crippen LogP contribution in [-0.2, 0) is 9.59 Å². The third kappa shape index (κ3) is 4.00. The molecule has 0 saturated carbocycles. The molecule has 0 aromatic heterocycles. The molecule has 1 atom stereocenters. The van der Waals surface area contributed by atoms with E-state index in [9.17, 15) is 9.59 Å². The number of hydrogen-bond acceptors (Lipinski definition) is 6. The van der Waals surface area contributed by atoms with E-state index in [0.717, 1.165) is 16.8 Å². The average Bonchev–Trinajstić information content (AvgIpc) is 3.29. The van der Waals surface area contributed by atoms with E-state index in [1.165, 1.54) is 11.8 Å². The monoisotopic (exact) mass is 425 g/mol. The molecule has 0 unspecified atom stereocenters. The quantitative estimate of drug-likeness (QED) is 0.783. The summed E-state index contributed by atoms with van der Waals surface area (Å²) in [6.45, 7) is 6.55. The third-order valence-corrected chi connectivity index (χ3v) is 6.34. The minimum Gasteiger partial charge on any atom is -0.454 e. The molecule has 7 nitrogen and oxygen atoms in total. The van der Waals surface area contributed by atoms with Gasteiger partial charge in [0.15, 0.2) is 16.7 Å². The van der Waals surface area contributed by atoms with E-state index in [1.54, 1.807) is 17.0 Å². The molecule has 4 rings (SSSR count). The Bertz CT molecular complexity index is 1040. The predicted molar refractivity (Wildman–Crippen MR) is 118 cm³/mol. The lowest BCUT2D eigenvalue weighted by atomic mass is 10.1. The van der Waals surface area contributed by atoms with Gasteiger partial charge in [0.05, 0.1) is 5.69 Å². The van der Waals surface area contributed by atoms with Gasteiger partial charge in [0.25, 0.3) is 0 Å². The minimum absolute atomic E-state index is 0.0908. The fraction of sp³-hybridized carbons (Fsp3) is 0.318. The maximum Gasteiger partial charge on any atom is 0.242 e. The Kier molecular flexibility index (Phi) is 5.67. The fourth-order valence-corrected chi connectivity index (χ4v) is 4.56. The summed E-state index contributed by atoms with van der Waals surface area (Å²) in [6, 6.07) is 11.2. The molecule has 2 aliphatic rings. The maximum atomic E-state index is 12.8. The van der Waals surface area contributed by atoms with Crippen molar-refractivity contribution >= 4 is 40.1 Å². The second kappa shape index (κ2) is 8.39. The number of ether oxygens (including phenoxy) is 2. The van der Waals surface area contributed by atoms with Crippen LogP contribution >= 0.6 is 11.8 Å². The first kappa shape index (κ1) is 20.3. The van der Waals surface area contributed by atoms with E-state index in [-0.39, 0.29) is 25.0 Å². The number of rotatable bonds is 5. The molecule has 0 spiro atoms. The number of aryl methyl sites for hydroxylation is 1. The SMILES string of the molecule is CCN1C(=O)[C@@H](CC(=O)Nc2cccc(C)c2C)SC1=Nc1ccc2c(c1)OCO2. The molecule has 2 aliphatic heterocycles. The summed E-state index contributed by atoms with van der Waals surface area (Å²) < 4.78 is 10.7. The number of aliphatic imine (C=N–C) groups is 1. The summed E-state index contributed by atoms with van der Waals surface area (Å²) in [5.41, 5.74) is 3.58. The summed E-state index contributed by atoms with van der Waals surface area (Å²) in [5, 5.41) is 3.02. The summed E-state index contributed by atoms with van der Waals surface area (Å²) >= 11 is 1.32. The topological polar surface area (TPSA) is 80.2 Å². The minimum atomic E-state index is -0.497. The summed E-state index contributed by atoms with van der Waals surface area (Å²) in [4.78, 5) is 31.7. The van der Waals surface area contributed by atoms with Crippen LogP contribution in [0.15, 0.2) is 41.4 Å². The van der Waals surface area contributed by atoms with E-state index in [0.29, 0.717) is 28.9 Å². The number of hydrogen-bond donors (Lipinski definition) is 1. The van der Waals surface area contributed by atoms with Gasteiger partial charge in [-0.05, 0) is 50.1 Å². The number of nitrogens with zero attached hydrogens (tertiary/aromatic N) is 2. The van der Waals surface area contributed by atoms with E-state index in [1.807, 2.05) is 45.0 Å². The van der Waals surface area contributed by atoms with Crippen molar-refractivity contribution in [2.24, 2.45) is 4.99 Å². The lowest BCUT2D eigenvalue weighted by Crippen LogP contribution is -2.33. The molecule has 0 radical (unpaired) electrons. The van der Waals surface area contributed by atoms with Crippen molar-refractivity contribution in [1.82, 2.24) is 4.90 Å². The van der Waals surface area contributed by atoms with Crippen molar-refractivity contribution in [1.29, 1.82) is 0 Å². The lowest BCUT2D eigenvalue weighted by molar-refractivity contribution is -0.128.